The van der Waals surface area contributed by atoms with Gasteiger partial charge in [-0.05, 0) is 44.9 Å². The zero-order valence-corrected chi connectivity index (χ0v) is 11.7. The Bertz CT molecular complexity index is 484. The van der Waals surface area contributed by atoms with Gasteiger partial charge in [-0.15, -0.1) is 0 Å². The largest absolute Gasteiger partial charge is 0.489 e. The monoisotopic (exact) mass is 284 g/mol. The molecular formula is C14H17ClO4. The Morgan fingerprint density at radius 2 is 2.32 bits per heavy atom. The van der Waals surface area contributed by atoms with Crippen LogP contribution in [-0.2, 0) is 4.74 Å². The lowest BCUT2D eigenvalue weighted by atomic mass is 10.1. The highest BCUT2D eigenvalue weighted by atomic mass is 35.5. The van der Waals surface area contributed by atoms with Crippen molar-refractivity contribution >= 4 is 17.6 Å². The first-order valence-corrected chi connectivity index (χ1v) is 6.59. The Morgan fingerprint density at radius 1 is 1.58 bits per heavy atom. The Kier molecular flexibility index (Phi) is 4.02. The molecule has 1 atom stereocenters. The van der Waals surface area contributed by atoms with Crippen molar-refractivity contribution in [3.8, 4) is 5.75 Å². The van der Waals surface area contributed by atoms with Gasteiger partial charge in [-0.1, -0.05) is 11.6 Å². The van der Waals surface area contributed by atoms with Crippen LogP contribution in [0, 0.1) is 0 Å². The van der Waals surface area contributed by atoms with Crippen molar-refractivity contribution in [1.82, 2.24) is 0 Å². The highest BCUT2D eigenvalue weighted by Gasteiger charge is 2.32. The Morgan fingerprint density at radius 3 is 2.84 bits per heavy atom. The highest BCUT2D eigenvalue weighted by molar-refractivity contribution is 6.32. The molecule has 1 fully saturated rings. The van der Waals surface area contributed by atoms with Gasteiger partial charge in [0.1, 0.15) is 12.4 Å². The van der Waals surface area contributed by atoms with Gasteiger partial charge < -0.3 is 14.6 Å². The molecule has 0 aliphatic carbocycles. The summed E-state index contributed by atoms with van der Waals surface area (Å²) in [7, 11) is 0. The van der Waals surface area contributed by atoms with Crippen LogP contribution in [0.2, 0.25) is 5.02 Å². The van der Waals surface area contributed by atoms with Crippen molar-refractivity contribution in [2.75, 3.05) is 6.61 Å². The maximum absolute atomic E-state index is 10.8. The molecule has 4 nitrogen and oxygen atoms in total. The van der Waals surface area contributed by atoms with E-state index in [9.17, 15) is 4.79 Å². The molecule has 0 radical (unpaired) electrons. The Hall–Kier alpha value is -1.26. The van der Waals surface area contributed by atoms with E-state index in [2.05, 4.69) is 13.8 Å². The number of rotatable bonds is 4. The minimum absolute atomic E-state index is 0.0604. The number of carboxylic acid groups (broad SMARTS) is 1. The average molecular weight is 285 g/mol. The summed E-state index contributed by atoms with van der Waals surface area (Å²) in [5.41, 5.74) is 0.0564. The second-order valence-electron chi connectivity index (χ2n) is 5.30. The quantitative estimate of drug-likeness (QED) is 0.921. The third kappa shape index (κ3) is 3.61. The lowest BCUT2D eigenvalue weighted by molar-refractivity contribution is -0.0326. The lowest BCUT2D eigenvalue weighted by Crippen LogP contribution is -2.23. The van der Waals surface area contributed by atoms with Gasteiger partial charge in [0.05, 0.1) is 22.3 Å². The number of benzene rings is 1. The fourth-order valence-corrected chi connectivity index (χ4v) is 2.36. The van der Waals surface area contributed by atoms with Crippen LogP contribution in [0.25, 0.3) is 0 Å². The summed E-state index contributed by atoms with van der Waals surface area (Å²) >= 11 is 5.99. The van der Waals surface area contributed by atoms with E-state index in [0.29, 0.717) is 17.4 Å². The van der Waals surface area contributed by atoms with E-state index in [1.165, 1.54) is 12.1 Å². The smallest absolute Gasteiger partial charge is 0.335 e. The molecule has 0 aromatic heterocycles. The predicted molar refractivity (Wildman–Crippen MR) is 72.1 cm³/mol. The van der Waals surface area contributed by atoms with E-state index in [4.69, 9.17) is 26.2 Å². The van der Waals surface area contributed by atoms with Gasteiger partial charge in [-0.3, -0.25) is 0 Å². The second-order valence-corrected chi connectivity index (χ2v) is 5.71. The van der Waals surface area contributed by atoms with Gasteiger partial charge >= 0.3 is 5.97 Å². The Balaban J connectivity index is 1.95. The van der Waals surface area contributed by atoms with Crippen LogP contribution in [0.1, 0.15) is 37.0 Å². The zero-order chi connectivity index (χ0) is 14.0. The molecule has 1 saturated heterocycles. The molecule has 1 aromatic rings. The summed E-state index contributed by atoms with van der Waals surface area (Å²) in [6.45, 7) is 4.54. The van der Waals surface area contributed by atoms with E-state index in [1.807, 2.05) is 0 Å². The fourth-order valence-electron chi connectivity index (χ4n) is 2.13. The van der Waals surface area contributed by atoms with Gasteiger partial charge in [0.25, 0.3) is 0 Å². The second kappa shape index (κ2) is 5.39. The zero-order valence-electron chi connectivity index (χ0n) is 11.0. The molecule has 0 spiro atoms. The molecule has 5 heteroatoms. The molecule has 2 rings (SSSR count). The van der Waals surface area contributed by atoms with Crippen molar-refractivity contribution in [3.05, 3.63) is 28.8 Å². The number of hydrogen-bond donors (Lipinski definition) is 1. The number of ether oxygens (including phenoxy) is 2. The SMILES string of the molecule is CC1(C)CCC(COc2ccc(C(=O)O)cc2Cl)O1. The topological polar surface area (TPSA) is 55.8 Å². The summed E-state index contributed by atoms with van der Waals surface area (Å²) in [6.07, 6.45) is 2.02. The van der Waals surface area contributed by atoms with E-state index in [1.54, 1.807) is 6.07 Å². The molecule has 19 heavy (non-hydrogen) atoms. The first-order valence-electron chi connectivity index (χ1n) is 6.21. The summed E-state index contributed by atoms with van der Waals surface area (Å²) in [5, 5.41) is 9.14. The van der Waals surface area contributed by atoms with Crippen LogP contribution < -0.4 is 4.74 Å². The maximum Gasteiger partial charge on any atom is 0.335 e. The number of aromatic carboxylic acids is 1. The third-order valence-corrected chi connectivity index (χ3v) is 3.45. The van der Waals surface area contributed by atoms with Crippen LogP contribution in [-0.4, -0.2) is 29.4 Å². The van der Waals surface area contributed by atoms with Crippen LogP contribution in [0.3, 0.4) is 0 Å². The minimum Gasteiger partial charge on any atom is -0.489 e. The van der Waals surface area contributed by atoms with Crippen molar-refractivity contribution in [3.63, 3.8) is 0 Å². The molecule has 1 aliphatic heterocycles. The van der Waals surface area contributed by atoms with E-state index in [0.717, 1.165) is 12.8 Å². The lowest BCUT2D eigenvalue weighted by Gasteiger charge is -2.19. The summed E-state index contributed by atoms with van der Waals surface area (Å²) < 4.78 is 11.4. The van der Waals surface area contributed by atoms with Gasteiger partial charge in [-0.25, -0.2) is 4.79 Å². The number of hydrogen-bond acceptors (Lipinski definition) is 3. The van der Waals surface area contributed by atoms with Crippen molar-refractivity contribution in [1.29, 1.82) is 0 Å². The van der Waals surface area contributed by atoms with Crippen LogP contribution >= 0.6 is 11.6 Å². The van der Waals surface area contributed by atoms with Crippen LogP contribution in [0.15, 0.2) is 18.2 Å². The van der Waals surface area contributed by atoms with Crippen molar-refractivity contribution < 1.29 is 19.4 Å². The minimum atomic E-state index is -1.01. The maximum atomic E-state index is 10.8. The molecule has 104 valence electrons. The van der Waals surface area contributed by atoms with Crippen molar-refractivity contribution in [2.24, 2.45) is 0 Å². The standard InChI is InChI=1S/C14H17ClO4/c1-14(2)6-5-10(19-14)8-18-12-4-3-9(13(16)17)7-11(12)15/h3-4,7,10H,5-6,8H2,1-2H3,(H,16,17). The van der Waals surface area contributed by atoms with Crippen LogP contribution in [0.5, 0.6) is 5.75 Å². The fraction of sp³-hybridized carbons (Fsp3) is 0.500. The summed E-state index contributed by atoms with van der Waals surface area (Å²) in [5.74, 6) is -0.519. The van der Waals surface area contributed by atoms with Gasteiger partial charge in [0.15, 0.2) is 0 Å². The third-order valence-electron chi connectivity index (χ3n) is 3.16. The number of carbonyl (C=O) groups is 1. The van der Waals surface area contributed by atoms with Crippen molar-refractivity contribution in [2.45, 2.75) is 38.4 Å². The summed E-state index contributed by atoms with van der Waals surface area (Å²) in [4.78, 5) is 10.8. The first-order chi connectivity index (χ1) is 8.87. The van der Waals surface area contributed by atoms with Gasteiger partial charge in [0.2, 0.25) is 0 Å². The Labute approximate surface area is 117 Å². The van der Waals surface area contributed by atoms with Crippen LogP contribution in [0.4, 0.5) is 0 Å². The normalized spacial score (nSPS) is 21.3. The molecule has 1 heterocycles. The molecule has 0 amide bonds. The van der Waals surface area contributed by atoms with Gasteiger partial charge in [0, 0.05) is 0 Å². The first kappa shape index (κ1) is 14.2. The van der Waals surface area contributed by atoms with E-state index in [-0.39, 0.29) is 17.3 Å². The number of halogens is 1. The van der Waals surface area contributed by atoms with Gasteiger partial charge in [-0.2, -0.15) is 0 Å². The van der Waals surface area contributed by atoms with E-state index >= 15 is 0 Å². The predicted octanol–water partition coefficient (Wildman–Crippen LogP) is 3.37. The van der Waals surface area contributed by atoms with E-state index < -0.39 is 5.97 Å². The molecule has 1 unspecified atom stereocenters. The molecule has 1 aliphatic rings. The average Bonchev–Trinajstić information content (AvgIpc) is 2.67. The molecular weight excluding hydrogens is 268 g/mol. The summed E-state index contributed by atoms with van der Waals surface area (Å²) in [6, 6.07) is 4.44. The molecule has 1 aromatic carbocycles. The molecule has 1 N–H and O–H groups in total. The molecule has 0 bridgehead atoms. The highest BCUT2D eigenvalue weighted by Crippen LogP contribution is 2.31. The number of carboxylic acids is 1. The molecule has 0 saturated carbocycles.